The normalized spacial score (nSPS) is 10.1. The molecule has 7 nitrogen and oxygen atoms in total. The zero-order chi connectivity index (χ0) is 12.8. The van der Waals surface area contributed by atoms with E-state index in [-0.39, 0.29) is 30.7 Å². The molecule has 1 aromatic rings. The average Bonchev–Trinajstić information content (AvgIpc) is 2.72. The number of nitrogens with zero attached hydrogens (tertiary/aromatic N) is 3. The standard InChI is InChI=1S/C10H16N4O3/c1-4-17-8(15)5-6-14(3)10(16)9-11-7(2)12-13-9/h4-6H2,1-3H3,(H,11,12,13). The Morgan fingerprint density at radius 2 is 2.18 bits per heavy atom. The molecular formula is C10H16N4O3. The molecule has 94 valence electrons. The first-order chi connectivity index (χ1) is 8.04. The van der Waals surface area contributed by atoms with Crippen LogP contribution in [0.5, 0.6) is 0 Å². The fourth-order valence-electron chi connectivity index (χ4n) is 1.20. The highest BCUT2D eigenvalue weighted by Gasteiger charge is 2.17. The number of nitrogens with one attached hydrogen (secondary N) is 1. The fraction of sp³-hybridized carbons (Fsp3) is 0.600. The predicted octanol–water partition coefficient (Wildman–Crippen LogP) is 0.138. The Kier molecular flexibility index (Phi) is 4.62. The van der Waals surface area contributed by atoms with Gasteiger partial charge >= 0.3 is 5.97 Å². The summed E-state index contributed by atoms with van der Waals surface area (Å²) in [5.74, 6) is 0.0398. The number of amides is 1. The topological polar surface area (TPSA) is 88.2 Å². The van der Waals surface area contributed by atoms with E-state index in [1.54, 1.807) is 20.9 Å². The number of carbonyl (C=O) groups is 2. The van der Waals surface area contributed by atoms with Crippen molar-refractivity contribution in [3.63, 3.8) is 0 Å². The van der Waals surface area contributed by atoms with E-state index < -0.39 is 0 Å². The highest BCUT2D eigenvalue weighted by atomic mass is 16.5. The van der Waals surface area contributed by atoms with Crippen molar-refractivity contribution < 1.29 is 14.3 Å². The molecule has 7 heteroatoms. The third-order valence-corrected chi connectivity index (χ3v) is 2.09. The lowest BCUT2D eigenvalue weighted by Crippen LogP contribution is -2.30. The summed E-state index contributed by atoms with van der Waals surface area (Å²) in [4.78, 5) is 28.2. The summed E-state index contributed by atoms with van der Waals surface area (Å²) in [6, 6.07) is 0. The third-order valence-electron chi connectivity index (χ3n) is 2.09. The third kappa shape index (κ3) is 3.86. The number of aromatic amines is 1. The number of hydrogen-bond donors (Lipinski definition) is 1. The van der Waals surface area contributed by atoms with Gasteiger partial charge in [0.2, 0.25) is 5.82 Å². The van der Waals surface area contributed by atoms with E-state index in [0.717, 1.165) is 0 Å². The molecule has 0 aliphatic carbocycles. The largest absolute Gasteiger partial charge is 0.466 e. The summed E-state index contributed by atoms with van der Waals surface area (Å²) in [6.45, 7) is 4.08. The number of H-pyrrole nitrogens is 1. The van der Waals surface area contributed by atoms with Gasteiger partial charge in [-0.05, 0) is 13.8 Å². The van der Waals surface area contributed by atoms with E-state index in [1.807, 2.05) is 0 Å². The zero-order valence-corrected chi connectivity index (χ0v) is 10.2. The molecule has 0 aliphatic rings. The fourth-order valence-corrected chi connectivity index (χ4v) is 1.20. The van der Waals surface area contributed by atoms with Crippen molar-refractivity contribution in [2.75, 3.05) is 20.2 Å². The van der Waals surface area contributed by atoms with E-state index in [0.29, 0.717) is 12.4 Å². The maximum atomic E-state index is 11.8. The van der Waals surface area contributed by atoms with Gasteiger partial charge in [-0.25, -0.2) is 4.98 Å². The molecule has 1 rings (SSSR count). The number of esters is 1. The van der Waals surface area contributed by atoms with Crippen LogP contribution in [-0.4, -0.2) is 52.2 Å². The first-order valence-corrected chi connectivity index (χ1v) is 5.34. The highest BCUT2D eigenvalue weighted by Crippen LogP contribution is 1.99. The van der Waals surface area contributed by atoms with Gasteiger partial charge in [0.1, 0.15) is 5.82 Å². The van der Waals surface area contributed by atoms with Crippen LogP contribution in [0.25, 0.3) is 0 Å². The number of rotatable bonds is 5. The summed E-state index contributed by atoms with van der Waals surface area (Å²) in [7, 11) is 1.59. The lowest BCUT2D eigenvalue weighted by molar-refractivity contribution is -0.143. The van der Waals surface area contributed by atoms with Gasteiger partial charge in [0.15, 0.2) is 0 Å². The molecule has 0 spiro atoms. The molecule has 0 saturated carbocycles. The first kappa shape index (κ1) is 13.1. The van der Waals surface area contributed by atoms with Crippen molar-refractivity contribution in [2.45, 2.75) is 20.3 Å². The van der Waals surface area contributed by atoms with Crippen LogP contribution in [-0.2, 0) is 9.53 Å². The van der Waals surface area contributed by atoms with Gasteiger partial charge in [-0.15, -0.1) is 5.10 Å². The summed E-state index contributed by atoms with van der Waals surface area (Å²) in [5.41, 5.74) is 0. The Bertz CT molecular complexity index is 402. The second-order valence-electron chi connectivity index (χ2n) is 3.53. The van der Waals surface area contributed by atoms with Crippen LogP contribution >= 0.6 is 0 Å². The van der Waals surface area contributed by atoms with Crippen molar-refractivity contribution in [3.8, 4) is 0 Å². The van der Waals surface area contributed by atoms with Crippen LogP contribution in [0, 0.1) is 6.92 Å². The Labute approximate surface area is 99.2 Å². The van der Waals surface area contributed by atoms with Crippen LogP contribution in [0.3, 0.4) is 0 Å². The Hall–Kier alpha value is -1.92. The molecule has 1 amide bonds. The van der Waals surface area contributed by atoms with E-state index in [1.165, 1.54) is 4.90 Å². The molecule has 0 aromatic carbocycles. The zero-order valence-electron chi connectivity index (χ0n) is 10.2. The molecule has 0 bridgehead atoms. The van der Waals surface area contributed by atoms with Gasteiger partial charge in [-0.2, -0.15) is 0 Å². The van der Waals surface area contributed by atoms with Gasteiger partial charge in [-0.1, -0.05) is 0 Å². The quantitative estimate of drug-likeness (QED) is 0.739. The maximum Gasteiger partial charge on any atom is 0.307 e. The van der Waals surface area contributed by atoms with Crippen molar-refractivity contribution in [3.05, 3.63) is 11.6 Å². The Balaban J connectivity index is 2.45. The number of ether oxygens (including phenoxy) is 1. The number of carbonyl (C=O) groups excluding carboxylic acids is 2. The van der Waals surface area contributed by atoms with E-state index >= 15 is 0 Å². The SMILES string of the molecule is CCOC(=O)CCN(C)C(=O)c1n[nH]c(C)n1. The highest BCUT2D eigenvalue weighted by molar-refractivity contribution is 5.90. The van der Waals surface area contributed by atoms with Crippen molar-refractivity contribution in [1.82, 2.24) is 20.1 Å². The summed E-state index contributed by atoms with van der Waals surface area (Å²) < 4.78 is 4.77. The molecule has 0 radical (unpaired) electrons. The monoisotopic (exact) mass is 240 g/mol. The van der Waals surface area contributed by atoms with Crippen LogP contribution in [0.15, 0.2) is 0 Å². The average molecular weight is 240 g/mol. The number of aromatic nitrogens is 3. The second kappa shape index (κ2) is 5.97. The minimum absolute atomic E-state index is 0.105. The minimum Gasteiger partial charge on any atom is -0.466 e. The van der Waals surface area contributed by atoms with Crippen molar-refractivity contribution >= 4 is 11.9 Å². The van der Waals surface area contributed by atoms with Crippen LogP contribution < -0.4 is 0 Å². The van der Waals surface area contributed by atoms with Crippen LogP contribution in [0.2, 0.25) is 0 Å². The Morgan fingerprint density at radius 3 is 2.71 bits per heavy atom. The van der Waals surface area contributed by atoms with Gasteiger partial charge in [0.05, 0.1) is 13.0 Å². The predicted molar refractivity (Wildman–Crippen MR) is 59.3 cm³/mol. The van der Waals surface area contributed by atoms with E-state index in [9.17, 15) is 9.59 Å². The number of aryl methyl sites for hydroxylation is 1. The van der Waals surface area contributed by atoms with Crippen molar-refractivity contribution in [2.24, 2.45) is 0 Å². The maximum absolute atomic E-state index is 11.8. The molecule has 0 saturated heterocycles. The lowest BCUT2D eigenvalue weighted by Gasteiger charge is -2.14. The molecule has 1 aromatic heterocycles. The molecule has 17 heavy (non-hydrogen) atoms. The van der Waals surface area contributed by atoms with Gasteiger partial charge in [0.25, 0.3) is 5.91 Å². The molecule has 1 N–H and O–H groups in total. The summed E-state index contributed by atoms with van der Waals surface area (Å²) >= 11 is 0. The molecule has 0 fully saturated rings. The van der Waals surface area contributed by atoms with Crippen LogP contribution in [0.1, 0.15) is 29.8 Å². The Morgan fingerprint density at radius 1 is 1.47 bits per heavy atom. The van der Waals surface area contributed by atoms with Crippen LogP contribution in [0.4, 0.5) is 0 Å². The van der Waals surface area contributed by atoms with Gasteiger partial charge in [-0.3, -0.25) is 14.7 Å². The van der Waals surface area contributed by atoms with Gasteiger partial charge < -0.3 is 9.64 Å². The lowest BCUT2D eigenvalue weighted by atomic mass is 10.4. The first-order valence-electron chi connectivity index (χ1n) is 5.34. The van der Waals surface area contributed by atoms with Gasteiger partial charge in [0, 0.05) is 13.6 Å². The number of hydrogen-bond acceptors (Lipinski definition) is 5. The van der Waals surface area contributed by atoms with E-state index in [4.69, 9.17) is 4.74 Å². The summed E-state index contributed by atoms with van der Waals surface area (Å²) in [6.07, 6.45) is 0.166. The molecular weight excluding hydrogens is 224 g/mol. The molecule has 1 heterocycles. The smallest absolute Gasteiger partial charge is 0.307 e. The second-order valence-corrected chi connectivity index (χ2v) is 3.53. The molecule has 0 aliphatic heterocycles. The van der Waals surface area contributed by atoms with Crippen molar-refractivity contribution in [1.29, 1.82) is 0 Å². The molecule has 0 atom stereocenters. The summed E-state index contributed by atoms with van der Waals surface area (Å²) in [5, 5.41) is 6.35. The minimum atomic E-state index is -0.321. The molecule has 0 unspecified atom stereocenters. The van der Waals surface area contributed by atoms with E-state index in [2.05, 4.69) is 15.2 Å².